The SMILES string of the molecule is COc1ccc(C2CC(C3=C4C=CC=C5C6=NC7C=CC=CC7N6C(=O)C(C=C3)C54)=NN2c2ccccc2)cc1. The first kappa shape index (κ1) is 23.2. The molecule has 196 valence electrons. The highest BCUT2D eigenvalue weighted by Crippen LogP contribution is 2.48. The first-order valence-electron chi connectivity index (χ1n) is 13.8. The summed E-state index contributed by atoms with van der Waals surface area (Å²) < 4.78 is 5.40. The highest BCUT2D eigenvalue weighted by atomic mass is 16.5. The van der Waals surface area contributed by atoms with E-state index in [4.69, 9.17) is 14.8 Å². The zero-order valence-electron chi connectivity index (χ0n) is 22.1. The summed E-state index contributed by atoms with van der Waals surface area (Å²) in [5, 5.41) is 7.36. The number of amides is 1. The third-order valence-electron chi connectivity index (χ3n) is 8.76. The number of para-hydroxylation sites is 1. The van der Waals surface area contributed by atoms with Gasteiger partial charge in [0.05, 0.1) is 42.6 Å². The number of fused-ring (bicyclic) bond motifs is 4. The standard InChI is InChI=1S/C34H28N4O2/c1-40-23-16-14-21(15-17-23)31-20-29(36-38(31)22-8-3-2-4-9-22)24-18-19-27-32-25(24)10-7-11-26(32)33-35-28-12-5-6-13-30(28)37(33)34(27)39/h2-19,27-28,30-32H,20H2,1H3. The minimum absolute atomic E-state index is 0.0179. The summed E-state index contributed by atoms with van der Waals surface area (Å²) in [5.74, 6) is 1.50. The third-order valence-corrected chi connectivity index (χ3v) is 8.76. The van der Waals surface area contributed by atoms with Crippen LogP contribution in [0.5, 0.6) is 5.75 Å². The summed E-state index contributed by atoms with van der Waals surface area (Å²) in [5.41, 5.74) is 6.65. The van der Waals surface area contributed by atoms with Crippen LogP contribution >= 0.6 is 0 Å². The lowest BCUT2D eigenvalue weighted by atomic mass is 9.68. The van der Waals surface area contributed by atoms with Crippen LogP contribution in [-0.2, 0) is 4.79 Å². The Hall–Kier alpha value is -4.71. The number of ether oxygens (including phenoxy) is 1. The molecule has 0 bridgehead atoms. The van der Waals surface area contributed by atoms with Gasteiger partial charge in [-0.05, 0) is 35.4 Å². The predicted octanol–water partition coefficient (Wildman–Crippen LogP) is 5.72. The molecular formula is C34H28N4O2. The maximum absolute atomic E-state index is 13.9. The first-order valence-corrected chi connectivity index (χ1v) is 13.8. The van der Waals surface area contributed by atoms with Gasteiger partial charge in [-0.15, -0.1) is 0 Å². The summed E-state index contributed by atoms with van der Waals surface area (Å²) in [6.07, 6.45) is 19.6. The van der Waals surface area contributed by atoms with Crippen molar-refractivity contribution in [2.45, 2.75) is 24.5 Å². The molecule has 5 atom stereocenters. The van der Waals surface area contributed by atoms with Crippen molar-refractivity contribution in [3.05, 3.63) is 132 Å². The number of hydrazone groups is 1. The first-order chi connectivity index (χ1) is 19.7. The molecule has 1 amide bonds. The van der Waals surface area contributed by atoms with Crippen LogP contribution in [0.25, 0.3) is 0 Å². The van der Waals surface area contributed by atoms with Gasteiger partial charge < -0.3 is 4.74 Å². The zero-order valence-corrected chi connectivity index (χ0v) is 22.1. The van der Waals surface area contributed by atoms with E-state index in [0.717, 1.165) is 46.1 Å². The lowest BCUT2D eigenvalue weighted by Crippen LogP contribution is -2.53. The Morgan fingerprint density at radius 3 is 2.58 bits per heavy atom. The molecule has 0 N–H and O–H groups in total. The molecule has 2 aromatic carbocycles. The lowest BCUT2D eigenvalue weighted by molar-refractivity contribution is -0.132. The van der Waals surface area contributed by atoms with Gasteiger partial charge in [0.1, 0.15) is 11.6 Å². The molecule has 0 spiro atoms. The van der Waals surface area contributed by atoms with E-state index in [2.05, 4.69) is 71.8 Å². The number of rotatable bonds is 4. The van der Waals surface area contributed by atoms with Crippen LogP contribution in [0.3, 0.4) is 0 Å². The Bertz CT molecular complexity index is 1650. The maximum Gasteiger partial charge on any atom is 0.236 e. The van der Waals surface area contributed by atoms with Crippen molar-refractivity contribution >= 4 is 23.1 Å². The average molecular weight is 525 g/mol. The molecule has 0 aromatic heterocycles. The molecule has 3 aliphatic heterocycles. The van der Waals surface area contributed by atoms with Crippen molar-refractivity contribution in [3.8, 4) is 5.75 Å². The molecule has 0 saturated carbocycles. The van der Waals surface area contributed by atoms with E-state index >= 15 is 0 Å². The van der Waals surface area contributed by atoms with Gasteiger partial charge in [0.15, 0.2) is 0 Å². The number of hydrogen-bond donors (Lipinski definition) is 0. The fraction of sp³-hybridized carbons (Fsp3) is 0.206. The number of aliphatic imine (C=N–C) groups is 1. The lowest BCUT2D eigenvalue weighted by Gasteiger charge is -2.42. The minimum atomic E-state index is -0.239. The number of benzene rings is 2. The highest BCUT2D eigenvalue weighted by molar-refractivity contribution is 6.16. The van der Waals surface area contributed by atoms with E-state index in [1.54, 1.807) is 7.11 Å². The highest BCUT2D eigenvalue weighted by Gasteiger charge is 2.51. The number of piperidine rings is 1. The van der Waals surface area contributed by atoms with Crippen molar-refractivity contribution in [1.29, 1.82) is 0 Å². The second kappa shape index (κ2) is 8.91. The Morgan fingerprint density at radius 2 is 1.75 bits per heavy atom. The van der Waals surface area contributed by atoms with Crippen LogP contribution < -0.4 is 9.75 Å². The fourth-order valence-electron chi connectivity index (χ4n) is 6.87. The number of nitrogens with zero attached hydrogens (tertiary/aromatic N) is 4. The van der Waals surface area contributed by atoms with E-state index in [0.29, 0.717) is 0 Å². The molecule has 5 unspecified atom stereocenters. The van der Waals surface area contributed by atoms with Crippen molar-refractivity contribution < 1.29 is 9.53 Å². The second-order valence-corrected chi connectivity index (χ2v) is 10.8. The smallest absolute Gasteiger partial charge is 0.236 e. The summed E-state index contributed by atoms with van der Waals surface area (Å²) in [6.45, 7) is 0. The Kier molecular flexibility index (Phi) is 5.17. The van der Waals surface area contributed by atoms with Crippen molar-refractivity contribution in [1.82, 2.24) is 4.90 Å². The average Bonchev–Trinajstić information content (AvgIpc) is 3.63. The van der Waals surface area contributed by atoms with Crippen molar-refractivity contribution in [3.63, 3.8) is 0 Å². The summed E-state index contributed by atoms with van der Waals surface area (Å²) in [7, 11) is 1.69. The molecule has 6 aliphatic rings. The van der Waals surface area contributed by atoms with E-state index in [9.17, 15) is 4.79 Å². The van der Waals surface area contributed by atoms with Gasteiger partial charge >= 0.3 is 0 Å². The quantitative estimate of drug-likeness (QED) is 0.515. The van der Waals surface area contributed by atoms with Crippen LogP contribution in [0.1, 0.15) is 18.0 Å². The number of methoxy groups -OCH3 is 1. The molecule has 40 heavy (non-hydrogen) atoms. The number of amidine groups is 1. The topological polar surface area (TPSA) is 57.5 Å². The van der Waals surface area contributed by atoms with Gasteiger partial charge in [-0.3, -0.25) is 19.7 Å². The molecule has 3 aliphatic carbocycles. The monoisotopic (exact) mass is 524 g/mol. The van der Waals surface area contributed by atoms with Crippen molar-refractivity contribution in [2.75, 3.05) is 12.1 Å². The van der Waals surface area contributed by atoms with Gasteiger partial charge in [-0.2, -0.15) is 5.10 Å². The molecule has 1 saturated heterocycles. The van der Waals surface area contributed by atoms with E-state index in [-0.39, 0.29) is 35.9 Å². The van der Waals surface area contributed by atoms with Crippen molar-refractivity contribution in [2.24, 2.45) is 21.9 Å². The maximum atomic E-state index is 13.9. The normalized spacial score (nSPS) is 29.2. The zero-order chi connectivity index (χ0) is 26.8. The molecule has 8 rings (SSSR count). The number of carbonyl (C=O) groups excluding carboxylic acids is 1. The van der Waals surface area contributed by atoms with Crippen LogP contribution in [0.4, 0.5) is 5.69 Å². The third kappa shape index (κ3) is 3.38. The number of hydrogen-bond acceptors (Lipinski definition) is 5. The molecular weight excluding hydrogens is 496 g/mol. The molecule has 2 aromatic rings. The predicted molar refractivity (Wildman–Crippen MR) is 157 cm³/mol. The molecule has 6 heteroatoms. The Balaban J connectivity index is 1.20. The Morgan fingerprint density at radius 1 is 0.925 bits per heavy atom. The molecule has 1 fully saturated rings. The van der Waals surface area contributed by atoms with Gasteiger partial charge in [-0.1, -0.05) is 85.0 Å². The number of carbonyl (C=O) groups is 1. The van der Waals surface area contributed by atoms with Crippen LogP contribution in [0.15, 0.2) is 136 Å². The van der Waals surface area contributed by atoms with Crippen LogP contribution in [0.2, 0.25) is 0 Å². The van der Waals surface area contributed by atoms with E-state index in [1.807, 2.05) is 47.4 Å². The molecule has 0 radical (unpaired) electrons. The van der Waals surface area contributed by atoms with Crippen LogP contribution in [0, 0.1) is 11.8 Å². The minimum Gasteiger partial charge on any atom is -0.497 e. The number of allylic oxidation sites excluding steroid dienone is 8. The van der Waals surface area contributed by atoms with Gasteiger partial charge in [0.25, 0.3) is 0 Å². The second-order valence-electron chi connectivity index (χ2n) is 10.8. The van der Waals surface area contributed by atoms with Gasteiger partial charge in [0, 0.05) is 23.5 Å². The summed E-state index contributed by atoms with van der Waals surface area (Å²) >= 11 is 0. The molecule has 6 nitrogen and oxygen atoms in total. The van der Waals surface area contributed by atoms with E-state index < -0.39 is 0 Å². The largest absolute Gasteiger partial charge is 0.497 e. The molecule has 3 heterocycles. The van der Waals surface area contributed by atoms with E-state index in [1.165, 1.54) is 5.56 Å². The number of anilines is 1. The summed E-state index contributed by atoms with van der Waals surface area (Å²) in [6, 6.07) is 18.6. The summed E-state index contributed by atoms with van der Waals surface area (Å²) in [4.78, 5) is 20.8. The van der Waals surface area contributed by atoms with Crippen LogP contribution in [-0.4, -0.2) is 41.5 Å². The Labute approximate surface area is 233 Å². The fourth-order valence-corrected chi connectivity index (χ4v) is 6.87. The van der Waals surface area contributed by atoms with Gasteiger partial charge in [-0.25, -0.2) is 0 Å². The van der Waals surface area contributed by atoms with Gasteiger partial charge in [0.2, 0.25) is 5.91 Å².